The molecule has 0 aromatic rings. The van der Waals surface area contributed by atoms with Crippen molar-refractivity contribution >= 4 is 11.6 Å². The summed E-state index contributed by atoms with van der Waals surface area (Å²) in [5.74, 6) is 0.716. The van der Waals surface area contributed by atoms with Crippen molar-refractivity contribution in [3.05, 3.63) is 23.8 Å². The summed E-state index contributed by atoms with van der Waals surface area (Å²) in [5.41, 5.74) is 1.41. The van der Waals surface area contributed by atoms with E-state index in [-0.39, 0.29) is 20.4 Å². The zero-order chi connectivity index (χ0) is 7.23. The first-order valence-corrected chi connectivity index (χ1v) is 4.36. The Labute approximate surface area is 87.4 Å². The van der Waals surface area contributed by atoms with Gasteiger partial charge in [0.2, 0.25) is 0 Å². The summed E-state index contributed by atoms with van der Waals surface area (Å²) >= 11 is 5.71. The van der Waals surface area contributed by atoms with E-state index in [4.69, 9.17) is 11.6 Å². The summed E-state index contributed by atoms with van der Waals surface area (Å²) in [6.45, 7) is 0. The van der Waals surface area contributed by atoms with Crippen molar-refractivity contribution in [1.82, 2.24) is 0 Å². The fourth-order valence-corrected chi connectivity index (χ4v) is 1.35. The summed E-state index contributed by atoms with van der Waals surface area (Å²) in [5, 5.41) is 0. The topological polar surface area (TPSA) is 0 Å². The Hall–Kier alpha value is 0.432. The molecular weight excluding hydrogens is 250 g/mol. The monoisotopic (exact) mass is 262 g/mol. The van der Waals surface area contributed by atoms with Crippen molar-refractivity contribution < 1.29 is 20.4 Å². The first-order valence-electron chi connectivity index (χ1n) is 3.82. The molecule has 0 saturated heterocycles. The Kier molecular flexibility index (Phi) is 7.38. The van der Waals surface area contributed by atoms with E-state index in [2.05, 4.69) is 18.2 Å². The number of halogens is 1. The van der Waals surface area contributed by atoms with Gasteiger partial charge in [-0.25, -0.2) is 0 Å². The molecule has 0 saturated carbocycles. The maximum Gasteiger partial charge on any atom is 2.00 e. The zero-order valence-electron chi connectivity index (χ0n) is 6.46. The van der Waals surface area contributed by atoms with Gasteiger partial charge in [0.1, 0.15) is 0 Å². The van der Waals surface area contributed by atoms with Gasteiger partial charge in [0.25, 0.3) is 0 Å². The van der Waals surface area contributed by atoms with Crippen LogP contribution in [0.15, 0.2) is 23.8 Å². The Balaban J connectivity index is 0.000001000. The van der Waals surface area contributed by atoms with Crippen LogP contribution in [-0.2, 0) is 20.4 Å². The number of hydrogen-bond donors (Lipinski definition) is 0. The van der Waals surface area contributed by atoms with Crippen LogP contribution >= 0.6 is 11.6 Å². The molecule has 0 radical (unpaired) electrons. The average Bonchev–Trinajstić information content (AvgIpc) is 1.87. The summed E-state index contributed by atoms with van der Waals surface area (Å²) in [4.78, 5) is 0. The van der Waals surface area contributed by atoms with E-state index in [0.717, 1.165) is 6.42 Å². The largest absolute Gasteiger partial charge is 2.00 e. The molecular formula is C9H13ClPd+2. The quantitative estimate of drug-likeness (QED) is 0.387. The molecule has 11 heavy (non-hydrogen) atoms. The Morgan fingerprint density at radius 1 is 1.18 bits per heavy atom. The van der Waals surface area contributed by atoms with Gasteiger partial charge in [0.15, 0.2) is 0 Å². The molecule has 0 aromatic carbocycles. The standard InChI is InChI=1S/C9H13Cl.Pd/c10-8-9-6-4-2-1-3-5-7-9;/h1-2,7H,3-6,8H2;/q;+2. The summed E-state index contributed by atoms with van der Waals surface area (Å²) in [7, 11) is 0. The molecule has 0 spiro atoms. The Bertz CT molecular complexity index is 150. The van der Waals surface area contributed by atoms with E-state index in [1.807, 2.05) is 0 Å². The second-order valence-electron chi connectivity index (χ2n) is 2.58. The van der Waals surface area contributed by atoms with Crippen molar-refractivity contribution in [3.8, 4) is 0 Å². The van der Waals surface area contributed by atoms with Gasteiger partial charge in [-0.3, -0.25) is 0 Å². The van der Waals surface area contributed by atoms with E-state index in [9.17, 15) is 0 Å². The minimum Gasteiger partial charge on any atom is -0.122 e. The third kappa shape index (κ3) is 4.80. The van der Waals surface area contributed by atoms with Crippen LogP contribution in [0.3, 0.4) is 0 Å². The molecule has 0 unspecified atom stereocenters. The number of hydrogen-bond acceptors (Lipinski definition) is 0. The van der Waals surface area contributed by atoms with E-state index >= 15 is 0 Å². The third-order valence-corrected chi connectivity index (χ3v) is 2.08. The molecule has 0 nitrogen and oxygen atoms in total. The van der Waals surface area contributed by atoms with Crippen molar-refractivity contribution in [2.24, 2.45) is 0 Å². The second-order valence-corrected chi connectivity index (χ2v) is 2.85. The summed E-state index contributed by atoms with van der Waals surface area (Å²) in [6.07, 6.45) is 11.4. The second kappa shape index (κ2) is 7.10. The minimum atomic E-state index is 0. The van der Waals surface area contributed by atoms with Crippen LogP contribution in [-0.4, -0.2) is 5.88 Å². The third-order valence-electron chi connectivity index (χ3n) is 1.74. The summed E-state index contributed by atoms with van der Waals surface area (Å²) < 4.78 is 0. The molecule has 0 bridgehead atoms. The summed E-state index contributed by atoms with van der Waals surface area (Å²) in [6, 6.07) is 0. The number of rotatable bonds is 1. The molecule has 0 fully saturated rings. The molecule has 64 valence electrons. The van der Waals surface area contributed by atoms with Gasteiger partial charge in [-0.05, 0) is 25.7 Å². The predicted molar refractivity (Wildman–Crippen MR) is 46.4 cm³/mol. The minimum absolute atomic E-state index is 0. The maximum absolute atomic E-state index is 5.71. The van der Waals surface area contributed by atoms with Gasteiger partial charge in [-0.1, -0.05) is 23.8 Å². The van der Waals surface area contributed by atoms with E-state index < -0.39 is 0 Å². The number of alkyl halides is 1. The van der Waals surface area contributed by atoms with Gasteiger partial charge >= 0.3 is 20.4 Å². The van der Waals surface area contributed by atoms with E-state index in [1.165, 1.54) is 24.8 Å². The van der Waals surface area contributed by atoms with Crippen LogP contribution in [0, 0.1) is 0 Å². The molecule has 1 aliphatic carbocycles. The molecule has 0 N–H and O–H groups in total. The average molecular weight is 263 g/mol. The SMILES string of the molecule is ClCC1=CCCC=CCC1.[Pd+2]. The van der Waals surface area contributed by atoms with Crippen LogP contribution in [0.2, 0.25) is 0 Å². The Morgan fingerprint density at radius 3 is 2.64 bits per heavy atom. The van der Waals surface area contributed by atoms with E-state index in [0.29, 0.717) is 5.88 Å². The van der Waals surface area contributed by atoms with Crippen molar-refractivity contribution in [2.75, 3.05) is 5.88 Å². The molecule has 0 amide bonds. The van der Waals surface area contributed by atoms with Crippen molar-refractivity contribution in [1.29, 1.82) is 0 Å². The smallest absolute Gasteiger partial charge is 0.122 e. The molecule has 0 atom stereocenters. The molecule has 0 aliphatic heterocycles. The molecule has 0 aromatic heterocycles. The van der Waals surface area contributed by atoms with Gasteiger partial charge in [-0.2, -0.15) is 0 Å². The maximum atomic E-state index is 5.71. The molecule has 1 aliphatic rings. The zero-order valence-corrected chi connectivity index (χ0v) is 8.77. The van der Waals surface area contributed by atoms with Gasteiger partial charge in [0, 0.05) is 5.88 Å². The van der Waals surface area contributed by atoms with Crippen molar-refractivity contribution in [3.63, 3.8) is 0 Å². The normalized spacial score (nSPS) is 17.7. The Morgan fingerprint density at radius 2 is 1.91 bits per heavy atom. The van der Waals surface area contributed by atoms with Gasteiger partial charge < -0.3 is 0 Å². The first-order chi connectivity index (χ1) is 4.93. The van der Waals surface area contributed by atoms with Crippen molar-refractivity contribution in [2.45, 2.75) is 25.7 Å². The van der Waals surface area contributed by atoms with E-state index in [1.54, 1.807) is 0 Å². The first kappa shape index (κ1) is 11.4. The van der Waals surface area contributed by atoms with Crippen LogP contribution in [0.4, 0.5) is 0 Å². The fourth-order valence-electron chi connectivity index (χ4n) is 1.11. The van der Waals surface area contributed by atoms with Gasteiger partial charge in [0.05, 0.1) is 0 Å². The van der Waals surface area contributed by atoms with Gasteiger partial charge in [-0.15, -0.1) is 11.6 Å². The van der Waals surface area contributed by atoms with Crippen LogP contribution in [0.25, 0.3) is 0 Å². The van der Waals surface area contributed by atoms with Crippen LogP contribution < -0.4 is 0 Å². The number of allylic oxidation sites excluding steroid dienone is 4. The van der Waals surface area contributed by atoms with Crippen LogP contribution in [0.1, 0.15) is 25.7 Å². The predicted octanol–water partition coefficient (Wildman–Crippen LogP) is 3.28. The molecule has 0 heterocycles. The van der Waals surface area contributed by atoms with Crippen LogP contribution in [0.5, 0.6) is 0 Å². The molecule has 1 rings (SSSR count). The fraction of sp³-hybridized carbons (Fsp3) is 0.556. The molecule has 2 heteroatoms.